The Morgan fingerprint density at radius 3 is 3.00 bits per heavy atom. The Labute approximate surface area is 102 Å². The molecule has 0 spiro atoms. The van der Waals surface area contributed by atoms with E-state index < -0.39 is 0 Å². The molecule has 0 saturated heterocycles. The minimum atomic E-state index is -0.303. The first kappa shape index (κ1) is 11.4. The quantitative estimate of drug-likeness (QED) is 0.834. The average Bonchev–Trinajstić information content (AvgIpc) is 2.66. The predicted octanol–water partition coefficient (Wildman–Crippen LogP) is 3.82. The van der Waals surface area contributed by atoms with E-state index in [0.29, 0.717) is 16.8 Å². The van der Waals surface area contributed by atoms with Crippen LogP contribution in [0.15, 0.2) is 24.4 Å². The van der Waals surface area contributed by atoms with Crippen molar-refractivity contribution in [2.24, 2.45) is 0 Å². The topological polar surface area (TPSA) is 22.1 Å². The monoisotopic (exact) mass is 257 g/mol. The Balaban J connectivity index is 2.07. The second-order valence-electron chi connectivity index (χ2n) is 3.28. The normalized spacial score (nSPS) is 10.4. The van der Waals surface area contributed by atoms with E-state index in [1.54, 1.807) is 12.3 Å². The van der Waals surface area contributed by atoms with Gasteiger partial charge in [0.2, 0.25) is 0 Å². The SMILES string of the molecule is Cc1ccc(F)cc1OCc1cnc(Cl)s1. The zero-order valence-corrected chi connectivity index (χ0v) is 10.1. The molecule has 0 atom stereocenters. The molecule has 0 bridgehead atoms. The van der Waals surface area contributed by atoms with Gasteiger partial charge in [-0.25, -0.2) is 9.37 Å². The van der Waals surface area contributed by atoms with Gasteiger partial charge < -0.3 is 4.74 Å². The molecule has 0 amide bonds. The molecular formula is C11H9ClFNOS. The van der Waals surface area contributed by atoms with E-state index in [0.717, 1.165) is 10.4 Å². The van der Waals surface area contributed by atoms with Gasteiger partial charge in [0, 0.05) is 12.3 Å². The second-order valence-corrected chi connectivity index (χ2v) is 4.98. The molecule has 0 radical (unpaired) electrons. The number of ether oxygens (including phenoxy) is 1. The van der Waals surface area contributed by atoms with Crippen molar-refractivity contribution in [2.45, 2.75) is 13.5 Å². The van der Waals surface area contributed by atoms with Gasteiger partial charge in [-0.05, 0) is 18.6 Å². The van der Waals surface area contributed by atoms with Crippen molar-refractivity contribution in [1.82, 2.24) is 4.98 Å². The van der Waals surface area contributed by atoms with Gasteiger partial charge >= 0.3 is 0 Å². The summed E-state index contributed by atoms with van der Waals surface area (Å²) in [5, 5.41) is 0. The first-order valence-electron chi connectivity index (χ1n) is 4.64. The molecule has 2 nitrogen and oxygen atoms in total. The highest BCUT2D eigenvalue weighted by molar-refractivity contribution is 7.15. The van der Waals surface area contributed by atoms with Crippen LogP contribution in [0.3, 0.4) is 0 Å². The van der Waals surface area contributed by atoms with Gasteiger partial charge in [0.15, 0.2) is 4.47 Å². The maximum Gasteiger partial charge on any atom is 0.183 e. The predicted molar refractivity (Wildman–Crippen MR) is 62.6 cm³/mol. The van der Waals surface area contributed by atoms with E-state index in [1.165, 1.54) is 23.5 Å². The van der Waals surface area contributed by atoms with Crippen molar-refractivity contribution in [3.8, 4) is 5.75 Å². The molecule has 0 aliphatic heterocycles. The molecule has 1 aromatic carbocycles. The molecule has 84 valence electrons. The van der Waals surface area contributed by atoms with Gasteiger partial charge in [-0.2, -0.15) is 0 Å². The zero-order chi connectivity index (χ0) is 11.5. The number of rotatable bonds is 3. The summed E-state index contributed by atoms with van der Waals surface area (Å²) in [7, 11) is 0. The van der Waals surface area contributed by atoms with Crippen LogP contribution in [0.5, 0.6) is 5.75 Å². The number of aromatic nitrogens is 1. The Bertz CT molecular complexity index is 500. The highest BCUT2D eigenvalue weighted by atomic mass is 35.5. The van der Waals surface area contributed by atoms with E-state index in [4.69, 9.17) is 16.3 Å². The number of nitrogens with zero attached hydrogens (tertiary/aromatic N) is 1. The van der Waals surface area contributed by atoms with Gasteiger partial charge in [0.25, 0.3) is 0 Å². The second kappa shape index (κ2) is 4.80. The maximum absolute atomic E-state index is 13.0. The van der Waals surface area contributed by atoms with Crippen molar-refractivity contribution in [3.63, 3.8) is 0 Å². The highest BCUT2D eigenvalue weighted by Gasteiger charge is 2.04. The van der Waals surface area contributed by atoms with Crippen LogP contribution in [-0.2, 0) is 6.61 Å². The number of halogens is 2. The lowest BCUT2D eigenvalue weighted by molar-refractivity contribution is 0.305. The number of benzene rings is 1. The largest absolute Gasteiger partial charge is 0.488 e. The lowest BCUT2D eigenvalue weighted by Gasteiger charge is -2.07. The Morgan fingerprint density at radius 2 is 2.31 bits per heavy atom. The summed E-state index contributed by atoms with van der Waals surface area (Å²) in [5.74, 6) is 0.243. The van der Waals surface area contributed by atoms with Crippen LogP contribution < -0.4 is 4.74 Å². The van der Waals surface area contributed by atoms with Crippen LogP contribution in [0.2, 0.25) is 4.47 Å². The van der Waals surface area contributed by atoms with Crippen LogP contribution in [0, 0.1) is 12.7 Å². The van der Waals surface area contributed by atoms with Crippen LogP contribution >= 0.6 is 22.9 Å². The average molecular weight is 258 g/mol. The number of thiazole rings is 1. The Morgan fingerprint density at radius 1 is 1.50 bits per heavy atom. The van der Waals surface area contributed by atoms with Gasteiger partial charge in [-0.3, -0.25) is 0 Å². The lowest BCUT2D eigenvalue weighted by Crippen LogP contribution is -1.95. The summed E-state index contributed by atoms with van der Waals surface area (Å²) in [6, 6.07) is 4.47. The fraction of sp³-hybridized carbons (Fsp3) is 0.182. The van der Waals surface area contributed by atoms with Gasteiger partial charge in [0.1, 0.15) is 18.2 Å². The minimum absolute atomic E-state index is 0.303. The maximum atomic E-state index is 13.0. The molecule has 0 fully saturated rings. The minimum Gasteiger partial charge on any atom is -0.488 e. The third-order valence-corrected chi connectivity index (χ3v) is 3.13. The molecule has 2 rings (SSSR count). The van der Waals surface area contributed by atoms with Crippen molar-refractivity contribution in [1.29, 1.82) is 0 Å². The van der Waals surface area contributed by atoms with E-state index >= 15 is 0 Å². The molecular weight excluding hydrogens is 249 g/mol. The molecule has 0 N–H and O–H groups in total. The molecule has 2 aromatic rings. The standard InChI is InChI=1S/C11H9ClFNOS/c1-7-2-3-8(13)4-10(7)15-6-9-5-14-11(12)16-9/h2-5H,6H2,1H3. The fourth-order valence-electron chi connectivity index (χ4n) is 1.23. The van der Waals surface area contributed by atoms with Gasteiger partial charge in [-0.1, -0.05) is 17.7 Å². The molecule has 1 heterocycles. The third-order valence-electron chi connectivity index (χ3n) is 2.05. The lowest BCUT2D eigenvalue weighted by atomic mass is 10.2. The van der Waals surface area contributed by atoms with Crippen LogP contribution in [0.1, 0.15) is 10.4 Å². The first-order chi connectivity index (χ1) is 7.65. The molecule has 0 saturated carbocycles. The zero-order valence-electron chi connectivity index (χ0n) is 8.54. The third kappa shape index (κ3) is 2.71. The van der Waals surface area contributed by atoms with E-state index in [1.807, 2.05) is 6.92 Å². The number of aryl methyl sites for hydroxylation is 1. The van der Waals surface area contributed by atoms with Gasteiger partial charge in [0.05, 0.1) is 4.88 Å². The summed E-state index contributed by atoms with van der Waals surface area (Å²) in [6.07, 6.45) is 1.65. The summed E-state index contributed by atoms with van der Waals surface area (Å²) < 4.78 is 18.9. The smallest absolute Gasteiger partial charge is 0.183 e. The number of hydrogen-bond donors (Lipinski definition) is 0. The molecule has 16 heavy (non-hydrogen) atoms. The molecule has 0 aliphatic carbocycles. The van der Waals surface area contributed by atoms with Crippen molar-refractivity contribution < 1.29 is 9.13 Å². The summed E-state index contributed by atoms with van der Waals surface area (Å²) >= 11 is 7.04. The molecule has 5 heteroatoms. The molecule has 0 aliphatic rings. The Hall–Kier alpha value is -1.13. The highest BCUT2D eigenvalue weighted by Crippen LogP contribution is 2.23. The summed E-state index contributed by atoms with van der Waals surface area (Å²) in [6.45, 7) is 2.23. The van der Waals surface area contributed by atoms with E-state index in [-0.39, 0.29) is 5.82 Å². The van der Waals surface area contributed by atoms with Gasteiger partial charge in [-0.15, -0.1) is 11.3 Å². The Kier molecular flexibility index (Phi) is 3.41. The van der Waals surface area contributed by atoms with Crippen LogP contribution in [-0.4, -0.2) is 4.98 Å². The van der Waals surface area contributed by atoms with Crippen LogP contribution in [0.4, 0.5) is 4.39 Å². The van der Waals surface area contributed by atoms with Crippen LogP contribution in [0.25, 0.3) is 0 Å². The summed E-state index contributed by atoms with van der Waals surface area (Å²) in [4.78, 5) is 4.81. The van der Waals surface area contributed by atoms with Crippen molar-refractivity contribution in [2.75, 3.05) is 0 Å². The van der Waals surface area contributed by atoms with E-state index in [2.05, 4.69) is 4.98 Å². The number of hydrogen-bond acceptors (Lipinski definition) is 3. The molecule has 0 unspecified atom stereocenters. The van der Waals surface area contributed by atoms with Crippen molar-refractivity contribution in [3.05, 3.63) is 45.1 Å². The van der Waals surface area contributed by atoms with Crippen molar-refractivity contribution >= 4 is 22.9 Å². The first-order valence-corrected chi connectivity index (χ1v) is 5.84. The van der Waals surface area contributed by atoms with E-state index in [9.17, 15) is 4.39 Å². The molecule has 1 aromatic heterocycles. The summed E-state index contributed by atoms with van der Waals surface area (Å²) in [5.41, 5.74) is 0.900. The fourth-order valence-corrected chi connectivity index (χ4v) is 2.12.